The van der Waals surface area contributed by atoms with Crippen molar-refractivity contribution in [2.24, 2.45) is 4.36 Å². The lowest BCUT2D eigenvalue weighted by atomic mass is 9.90. The van der Waals surface area contributed by atoms with E-state index in [1.165, 1.54) is 5.56 Å². The van der Waals surface area contributed by atoms with Gasteiger partial charge in [0, 0.05) is 24.4 Å². The molecule has 94 valence electrons. The molecule has 2 rings (SSSR count). The third kappa shape index (κ3) is 2.37. The lowest BCUT2D eigenvalue weighted by Crippen LogP contribution is -2.19. The highest BCUT2D eigenvalue weighted by Crippen LogP contribution is 2.32. The summed E-state index contributed by atoms with van der Waals surface area (Å²) < 4.78 is 17.1. The van der Waals surface area contributed by atoms with Gasteiger partial charge in [0.25, 0.3) is 0 Å². The molecule has 2 heterocycles. The van der Waals surface area contributed by atoms with Crippen molar-refractivity contribution in [2.75, 3.05) is 12.8 Å². The molecule has 1 unspecified atom stereocenters. The van der Waals surface area contributed by atoms with Crippen molar-refractivity contribution in [1.29, 1.82) is 0 Å². The molecular weight excluding hydrogens is 232 g/mol. The highest BCUT2D eigenvalue weighted by molar-refractivity contribution is 7.93. The fraction of sp³-hybridized carbons (Fsp3) is 0.615. The maximum absolute atomic E-state index is 12.7. The van der Waals surface area contributed by atoms with Crippen molar-refractivity contribution in [3.05, 3.63) is 23.5 Å². The molecule has 0 radical (unpaired) electrons. The van der Waals surface area contributed by atoms with E-state index in [2.05, 4.69) is 30.1 Å². The number of rotatable bonds is 0. The molecule has 1 aromatic rings. The van der Waals surface area contributed by atoms with Crippen molar-refractivity contribution in [1.82, 2.24) is 4.98 Å². The highest BCUT2D eigenvalue weighted by Gasteiger charge is 2.27. The standard InChI is InChI=1S/C13H20N2OS/c1-13(2,3)12-11-10(7-9-14-12)6-5-8-15-17(11,4)16/h7,9H,5-6,8H2,1-4H3. The monoisotopic (exact) mass is 252 g/mol. The largest absolute Gasteiger partial charge is 0.259 e. The van der Waals surface area contributed by atoms with Gasteiger partial charge in [-0.15, -0.1) is 0 Å². The Morgan fingerprint density at radius 1 is 1.35 bits per heavy atom. The summed E-state index contributed by atoms with van der Waals surface area (Å²) in [6.45, 7) is 7.01. The second kappa shape index (κ2) is 4.09. The van der Waals surface area contributed by atoms with E-state index in [0.717, 1.165) is 23.4 Å². The van der Waals surface area contributed by atoms with Gasteiger partial charge in [-0.1, -0.05) is 20.8 Å². The predicted molar refractivity (Wildman–Crippen MR) is 70.9 cm³/mol. The van der Waals surface area contributed by atoms with Gasteiger partial charge < -0.3 is 0 Å². The van der Waals surface area contributed by atoms with Crippen molar-refractivity contribution in [3.63, 3.8) is 0 Å². The van der Waals surface area contributed by atoms with Crippen molar-refractivity contribution >= 4 is 9.73 Å². The number of aromatic nitrogens is 1. The van der Waals surface area contributed by atoms with Crippen LogP contribution >= 0.6 is 0 Å². The average Bonchev–Trinajstić information content (AvgIpc) is 2.36. The first-order valence-corrected chi connectivity index (χ1v) is 7.91. The molecule has 1 aliphatic heterocycles. The van der Waals surface area contributed by atoms with E-state index in [4.69, 9.17) is 0 Å². The van der Waals surface area contributed by atoms with Crippen LogP contribution in [0.2, 0.25) is 0 Å². The highest BCUT2D eigenvalue weighted by atomic mass is 32.2. The first-order valence-electron chi connectivity index (χ1n) is 5.99. The first-order chi connectivity index (χ1) is 7.82. The normalized spacial score (nSPS) is 24.7. The molecule has 0 spiro atoms. The van der Waals surface area contributed by atoms with Crippen LogP contribution in [-0.2, 0) is 21.6 Å². The van der Waals surface area contributed by atoms with Crippen molar-refractivity contribution in [3.8, 4) is 0 Å². The molecule has 0 aliphatic carbocycles. The van der Waals surface area contributed by atoms with Crippen LogP contribution in [0.5, 0.6) is 0 Å². The predicted octanol–water partition coefficient (Wildman–Crippen LogP) is 2.78. The first kappa shape index (κ1) is 12.6. The SMILES string of the molecule is CC(C)(C)c1nccc2c1S(C)(=O)=NCCC2. The van der Waals surface area contributed by atoms with Gasteiger partial charge in [0.2, 0.25) is 0 Å². The summed E-state index contributed by atoms with van der Waals surface area (Å²) in [6, 6.07) is 1.99. The summed E-state index contributed by atoms with van der Waals surface area (Å²) in [6.07, 6.45) is 5.51. The molecule has 1 aliphatic rings. The van der Waals surface area contributed by atoms with Crippen LogP contribution in [-0.4, -0.2) is 22.0 Å². The molecule has 0 saturated carbocycles. The minimum Gasteiger partial charge on any atom is -0.259 e. The Morgan fingerprint density at radius 3 is 2.71 bits per heavy atom. The average molecular weight is 252 g/mol. The zero-order chi connectivity index (χ0) is 12.7. The maximum atomic E-state index is 12.7. The van der Waals surface area contributed by atoms with Crippen LogP contribution in [0.25, 0.3) is 0 Å². The second-order valence-corrected chi connectivity index (χ2v) is 7.93. The third-order valence-corrected chi connectivity index (χ3v) is 4.91. The maximum Gasteiger partial charge on any atom is 0.0744 e. The summed E-state index contributed by atoms with van der Waals surface area (Å²) in [5.74, 6) is 0. The second-order valence-electron chi connectivity index (χ2n) is 5.66. The topological polar surface area (TPSA) is 42.3 Å². The van der Waals surface area contributed by atoms with E-state index in [-0.39, 0.29) is 5.41 Å². The Bertz CT molecular complexity index is 549. The molecule has 0 aromatic carbocycles. The molecule has 0 bridgehead atoms. The Hall–Kier alpha value is -0.900. The molecule has 0 N–H and O–H groups in total. The number of hydrogen-bond donors (Lipinski definition) is 0. The fourth-order valence-corrected chi connectivity index (χ4v) is 4.20. The Morgan fingerprint density at radius 2 is 2.06 bits per heavy atom. The van der Waals surface area contributed by atoms with Gasteiger partial charge in [0.05, 0.1) is 20.3 Å². The van der Waals surface area contributed by atoms with E-state index >= 15 is 0 Å². The van der Waals surface area contributed by atoms with E-state index in [0.29, 0.717) is 6.54 Å². The van der Waals surface area contributed by atoms with Gasteiger partial charge in [-0.05, 0) is 24.5 Å². The van der Waals surface area contributed by atoms with Crippen molar-refractivity contribution in [2.45, 2.75) is 43.9 Å². The van der Waals surface area contributed by atoms with Crippen molar-refractivity contribution < 1.29 is 4.21 Å². The molecule has 4 heteroatoms. The Labute approximate surface area is 104 Å². The summed E-state index contributed by atoms with van der Waals surface area (Å²) in [7, 11) is -2.28. The van der Waals surface area contributed by atoms with Gasteiger partial charge in [-0.2, -0.15) is 0 Å². The number of hydrogen-bond acceptors (Lipinski definition) is 3. The van der Waals surface area contributed by atoms with Crippen LogP contribution in [0.1, 0.15) is 38.4 Å². The van der Waals surface area contributed by atoms with Gasteiger partial charge in [-0.3, -0.25) is 4.98 Å². The molecular formula is C13H20N2OS. The molecule has 3 nitrogen and oxygen atoms in total. The van der Waals surface area contributed by atoms with E-state index < -0.39 is 9.73 Å². The Kier molecular flexibility index (Phi) is 3.02. The van der Waals surface area contributed by atoms with Crippen LogP contribution in [0.3, 0.4) is 0 Å². The number of pyridine rings is 1. The van der Waals surface area contributed by atoms with E-state index in [1.54, 1.807) is 6.26 Å². The number of aryl methyl sites for hydroxylation is 1. The minimum absolute atomic E-state index is 0.0934. The van der Waals surface area contributed by atoms with Gasteiger partial charge in [0.1, 0.15) is 0 Å². The van der Waals surface area contributed by atoms with Gasteiger partial charge in [0.15, 0.2) is 0 Å². The molecule has 1 aromatic heterocycles. The third-order valence-electron chi connectivity index (χ3n) is 3.02. The van der Waals surface area contributed by atoms with Crippen LogP contribution in [0.15, 0.2) is 21.5 Å². The molecule has 0 amide bonds. The molecule has 1 atom stereocenters. The summed E-state index contributed by atoms with van der Waals surface area (Å²) in [5.41, 5.74) is 2.01. The van der Waals surface area contributed by atoms with Gasteiger partial charge >= 0.3 is 0 Å². The molecule has 17 heavy (non-hydrogen) atoms. The molecule has 0 saturated heterocycles. The van der Waals surface area contributed by atoms with Crippen LogP contribution in [0.4, 0.5) is 0 Å². The van der Waals surface area contributed by atoms with Crippen LogP contribution < -0.4 is 0 Å². The zero-order valence-corrected chi connectivity index (χ0v) is 11.8. The summed E-state index contributed by atoms with van der Waals surface area (Å²) >= 11 is 0. The van der Waals surface area contributed by atoms with E-state index in [1.807, 2.05) is 12.3 Å². The quantitative estimate of drug-likeness (QED) is 0.712. The summed E-state index contributed by atoms with van der Waals surface area (Å²) in [5, 5.41) is 0. The van der Waals surface area contributed by atoms with Gasteiger partial charge in [-0.25, -0.2) is 8.57 Å². The molecule has 0 fully saturated rings. The summed E-state index contributed by atoms with van der Waals surface area (Å²) in [4.78, 5) is 5.35. The lowest BCUT2D eigenvalue weighted by molar-refractivity contribution is 0.549. The lowest BCUT2D eigenvalue weighted by Gasteiger charge is -2.23. The van der Waals surface area contributed by atoms with Crippen LogP contribution in [0, 0.1) is 0 Å². The van der Waals surface area contributed by atoms with E-state index in [9.17, 15) is 4.21 Å². The minimum atomic E-state index is -2.28. The number of nitrogens with zero attached hydrogens (tertiary/aromatic N) is 2. The number of fused-ring (bicyclic) bond motifs is 1. The smallest absolute Gasteiger partial charge is 0.0744 e. The zero-order valence-electron chi connectivity index (χ0n) is 11.0. The fourth-order valence-electron chi connectivity index (χ4n) is 2.21. The Balaban J connectivity index is 2.79.